The SMILES string of the molecule is C/N=C\C=C/S. The van der Waals surface area contributed by atoms with Gasteiger partial charge in [-0.15, -0.1) is 0 Å². The van der Waals surface area contributed by atoms with Crippen LogP contribution >= 0.6 is 12.6 Å². The molecule has 0 saturated heterocycles. The van der Waals surface area contributed by atoms with Gasteiger partial charge in [0.25, 0.3) is 0 Å². The quantitative estimate of drug-likeness (QED) is 0.375. The number of allylic oxidation sites excluding steroid dienone is 1. The van der Waals surface area contributed by atoms with E-state index >= 15 is 0 Å². The number of aliphatic imine (C=N–C) groups is 1. The maximum absolute atomic E-state index is 3.78. The second-order valence-electron chi connectivity index (χ2n) is 0.749. The van der Waals surface area contributed by atoms with Gasteiger partial charge in [-0.05, 0) is 11.5 Å². The van der Waals surface area contributed by atoms with Gasteiger partial charge >= 0.3 is 0 Å². The summed E-state index contributed by atoms with van der Waals surface area (Å²) in [6, 6.07) is 0. The minimum absolute atomic E-state index is 1.63. The summed E-state index contributed by atoms with van der Waals surface area (Å²) in [6.07, 6.45) is 3.43. The molecule has 0 aliphatic carbocycles. The molecule has 2 heteroatoms. The molecule has 6 heavy (non-hydrogen) atoms. The normalized spacial score (nSPS) is 11.7. The van der Waals surface area contributed by atoms with E-state index < -0.39 is 0 Å². The van der Waals surface area contributed by atoms with Crippen molar-refractivity contribution < 1.29 is 0 Å². The summed E-state index contributed by atoms with van der Waals surface area (Å²) in [5.41, 5.74) is 0. The number of hydrogen-bond donors (Lipinski definition) is 1. The Bertz CT molecular complexity index is 55.9. The van der Waals surface area contributed by atoms with Gasteiger partial charge in [-0.3, -0.25) is 4.99 Å². The summed E-state index contributed by atoms with van der Waals surface area (Å²) in [5, 5.41) is 1.63. The first-order valence-corrected chi connectivity index (χ1v) is 2.15. The molecule has 0 amide bonds. The zero-order chi connectivity index (χ0) is 4.83. The molecule has 0 unspecified atom stereocenters. The third kappa shape index (κ3) is 3.76. The third-order valence-corrected chi connectivity index (χ3v) is 0.493. The maximum atomic E-state index is 3.78. The Labute approximate surface area is 43.2 Å². The van der Waals surface area contributed by atoms with E-state index in [9.17, 15) is 0 Å². The first-order valence-electron chi connectivity index (χ1n) is 1.63. The highest BCUT2D eigenvalue weighted by atomic mass is 32.1. The summed E-state index contributed by atoms with van der Waals surface area (Å²) in [7, 11) is 1.72. The summed E-state index contributed by atoms with van der Waals surface area (Å²) in [6.45, 7) is 0. The predicted molar refractivity (Wildman–Crippen MR) is 32.5 cm³/mol. The van der Waals surface area contributed by atoms with E-state index in [-0.39, 0.29) is 0 Å². The minimum Gasteiger partial charge on any atom is -0.296 e. The van der Waals surface area contributed by atoms with Gasteiger partial charge in [-0.25, -0.2) is 0 Å². The minimum atomic E-state index is 1.63. The van der Waals surface area contributed by atoms with Crippen LogP contribution in [0.25, 0.3) is 0 Å². The largest absolute Gasteiger partial charge is 0.296 e. The van der Waals surface area contributed by atoms with Gasteiger partial charge in [-0.1, -0.05) is 0 Å². The summed E-state index contributed by atoms with van der Waals surface area (Å²) in [4.78, 5) is 3.66. The first kappa shape index (κ1) is 5.76. The molecule has 0 fully saturated rings. The van der Waals surface area contributed by atoms with Crippen molar-refractivity contribution in [3.8, 4) is 0 Å². The van der Waals surface area contributed by atoms with Gasteiger partial charge in [0, 0.05) is 13.3 Å². The smallest absolute Gasteiger partial charge is 0.0277 e. The summed E-state index contributed by atoms with van der Waals surface area (Å²) >= 11 is 3.78. The van der Waals surface area contributed by atoms with Crippen molar-refractivity contribution in [3.63, 3.8) is 0 Å². The van der Waals surface area contributed by atoms with Crippen molar-refractivity contribution in [1.29, 1.82) is 0 Å². The van der Waals surface area contributed by atoms with E-state index in [1.165, 1.54) is 0 Å². The van der Waals surface area contributed by atoms with E-state index in [1.54, 1.807) is 24.7 Å². The molecule has 0 atom stereocenters. The van der Waals surface area contributed by atoms with Crippen LogP contribution in [0.1, 0.15) is 0 Å². The zero-order valence-corrected chi connectivity index (χ0v) is 4.52. The fraction of sp³-hybridized carbons (Fsp3) is 0.250. The fourth-order valence-electron chi connectivity index (χ4n) is 0.125. The van der Waals surface area contributed by atoms with E-state index in [2.05, 4.69) is 17.6 Å². The molecule has 0 saturated carbocycles. The lowest BCUT2D eigenvalue weighted by Crippen LogP contribution is -1.55. The molecular weight excluding hydrogens is 94.1 g/mol. The van der Waals surface area contributed by atoms with Crippen molar-refractivity contribution >= 4 is 18.8 Å². The van der Waals surface area contributed by atoms with Gasteiger partial charge in [0.05, 0.1) is 0 Å². The predicted octanol–water partition coefficient (Wildman–Crippen LogP) is 1.13. The van der Waals surface area contributed by atoms with Gasteiger partial charge in [0.2, 0.25) is 0 Å². The highest BCUT2D eigenvalue weighted by Gasteiger charge is 1.49. The Morgan fingerprint density at radius 2 is 2.33 bits per heavy atom. The van der Waals surface area contributed by atoms with Crippen LogP contribution in [0, 0.1) is 0 Å². The molecule has 34 valence electrons. The van der Waals surface area contributed by atoms with Crippen LogP contribution in [0.3, 0.4) is 0 Å². The van der Waals surface area contributed by atoms with E-state index in [4.69, 9.17) is 0 Å². The number of rotatable bonds is 1. The molecule has 0 N–H and O–H groups in total. The van der Waals surface area contributed by atoms with E-state index in [0.717, 1.165) is 0 Å². The van der Waals surface area contributed by atoms with Gasteiger partial charge in [0.1, 0.15) is 0 Å². The lowest BCUT2D eigenvalue weighted by molar-refractivity contribution is 1.48. The van der Waals surface area contributed by atoms with Crippen LogP contribution in [0.15, 0.2) is 16.5 Å². The van der Waals surface area contributed by atoms with Crippen molar-refractivity contribution in [2.24, 2.45) is 4.99 Å². The fourth-order valence-corrected chi connectivity index (χ4v) is 0.202. The molecule has 0 spiro atoms. The number of hydrogen-bond acceptors (Lipinski definition) is 2. The van der Waals surface area contributed by atoms with Crippen LogP contribution in [-0.4, -0.2) is 13.3 Å². The van der Waals surface area contributed by atoms with Gasteiger partial charge < -0.3 is 0 Å². The Kier molecular flexibility index (Phi) is 4.57. The Balaban J connectivity index is 3.07. The van der Waals surface area contributed by atoms with Crippen molar-refractivity contribution in [2.45, 2.75) is 0 Å². The lowest BCUT2D eigenvalue weighted by Gasteiger charge is -1.63. The molecule has 1 nitrogen and oxygen atoms in total. The number of thiol groups is 1. The average molecular weight is 101 g/mol. The van der Waals surface area contributed by atoms with Gasteiger partial charge in [0.15, 0.2) is 0 Å². The Morgan fingerprint density at radius 1 is 1.67 bits per heavy atom. The molecule has 0 radical (unpaired) electrons. The topological polar surface area (TPSA) is 12.4 Å². The first-order chi connectivity index (χ1) is 2.91. The van der Waals surface area contributed by atoms with Crippen molar-refractivity contribution in [3.05, 3.63) is 11.5 Å². The highest BCUT2D eigenvalue weighted by Crippen LogP contribution is 1.70. The van der Waals surface area contributed by atoms with Crippen LogP contribution in [-0.2, 0) is 0 Å². The van der Waals surface area contributed by atoms with Crippen molar-refractivity contribution in [2.75, 3.05) is 7.05 Å². The van der Waals surface area contributed by atoms with Crippen LogP contribution < -0.4 is 0 Å². The molecular formula is C4H7NS. The Morgan fingerprint density at radius 3 is 2.50 bits per heavy atom. The molecule has 0 aromatic carbocycles. The van der Waals surface area contributed by atoms with Crippen molar-refractivity contribution in [1.82, 2.24) is 0 Å². The molecule has 0 aromatic rings. The summed E-state index contributed by atoms with van der Waals surface area (Å²) < 4.78 is 0. The number of nitrogens with zero attached hydrogens (tertiary/aromatic N) is 1. The van der Waals surface area contributed by atoms with Crippen LogP contribution in [0.5, 0.6) is 0 Å². The van der Waals surface area contributed by atoms with Crippen LogP contribution in [0.2, 0.25) is 0 Å². The standard InChI is InChI=1S/C4H7NS/c1-5-3-2-4-6/h2-4,6H,1H3/b4-2-,5-3-. The molecule has 0 aliphatic rings. The molecule has 0 aromatic heterocycles. The second-order valence-corrected chi connectivity index (χ2v) is 1.05. The van der Waals surface area contributed by atoms with E-state index in [1.807, 2.05) is 0 Å². The average Bonchev–Trinajstić information content (AvgIpc) is 1.61. The monoisotopic (exact) mass is 101 g/mol. The van der Waals surface area contributed by atoms with Gasteiger partial charge in [-0.2, -0.15) is 12.6 Å². The highest BCUT2D eigenvalue weighted by molar-refractivity contribution is 7.83. The Hall–Kier alpha value is -0.240. The molecule has 0 bridgehead atoms. The third-order valence-electron chi connectivity index (χ3n) is 0.321. The second kappa shape index (κ2) is 4.76. The molecule has 0 aliphatic heterocycles. The zero-order valence-electron chi connectivity index (χ0n) is 3.63. The molecule has 0 rings (SSSR count). The van der Waals surface area contributed by atoms with Crippen LogP contribution in [0.4, 0.5) is 0 Å². The lowest BCUT2D eigenvalue weighted by atomic mass is 10.7. The summed E-state index contributed by atoms with van der Waals surface area (Å²) in [5.74, 6) is 0. The maximum Gasteiger partial charge on any atom is 0.0277 e. The molecule has 0 heterocycles. The van der Waals surface area contributed by atoms with E-state index in [0.29, 0.717) is 0 Å².